The van der Waals surface area contributed by atoms with Gasteiger partial charge in [0.2, 0.25) is 0 Å². The molecule has 0 heterocycles. The van der Waals surface area contributed by atoms with Gasteiger partial charge >= 0.3 is 0 Å². The maximum Gasteiger partial charge on any atom is 0.130 e. The minimum absolute atomic E-state index is 0.289. The van der Waals surface area contributed by atoms with Gasteiger partial charge in [-0.05, 0) is 74.2 Å². The Labute approximate surface area is 168 Å². The van der Waals surface area contributed by atoms with Gasteiger partial charge in [-0.15, -0.1) is 0 Å². The van der Waals surface area contributed by atoms with Crippen LogP contribution in [0.25, 0.3) is 0 Å². The van der Waals surface area contributed by atoms with Gasteiger partial charge in [-0.1, -0.05) is 71.4 Å². The number of carbonyl (C=O) groups excluding carboxylic acids is 1. The molecule has 0 saturated heterocycles. The van der Waals surface area contributed by atoms with E-state index in [2.05, 4.69) is 38.2 Å². The maximum absolute atomic E-state index is 11.7. The van der Waals surface area contributed by atoms with Gasteiger partial charge in [0.1, 0.15) is 5.78 Å². The summed E-state index contributed by atoms with van der Waals surface area (Å²) in [6.45, 7) is 14.7. The van der Waals surface area contributed by atoms with Crippen molar-refractivity contribution in [1.82, 2.24) is 0 Å². The third-order valence-electron chi connectivity index (χ3n) is 7.76. The zero-order valence-electron chi connectivity index (χ0n) is 18.9. The van der Waals surface area contributed by atoms with E-state index in [0.717, 1.165) is 18.3 Å². The Morgan fingerprint density at radius 2 is 1.81 bits per heavy atom. The first-order valence-electron chi connectivity index (χ1n) is 11.5. The number of carbonyl (C=O) groups is 1. The number of fused-ring (bicyclic) bond motifs is 5. The van der Waals surface area contributed by atoms with Crippen LogP contribution in [0.15, 0.2) is 35.5 Å². The van der Waals surface area contributed by atoms with Crippen molar-refractivity contribution >= 4 is 5.78 Å². The molecule has 0 amide bonds. The highest BCUT2D eigenvalue weighted by atomic mass is 16.1. The first kappa shape index (κ1) is 22.2. The van der Waals surface area contributed by atoms with Crippen LogP contribution in [-0.4, -0.2) is 5.78 Å². The summed E-state index contributed by atoms with van der Waals surface area (Å²) in [4.78, 5) is 11.7. The highest BCUT2D eigenvalue weighted by molar-refractivity contribution is 5.75. The Balaban J connectivity index is 0.000000614. The quantitative estimate of drug-likeness (QED) is 0.455. The minimum Gasteiger partial charge on any atom is -0.300 e. The first-order valence-corrected chi connectivity index (χ1v) is 11.5. The smallest absolute Gasteiger partial charge is 0.130 e. The Morgan fingerprint density at radius 1 is 1.11 bits per heavy atom. The number of Topliss-reactive ketones (excluding diaryl/α,β-unsaturated/α-hetero) is 1. The Morgan fingerprint density at radius 3 is 2.48 bits per heavy atom. The molecule has 4 rings (SSSR count). The van der Waals surface area contributed by atoms with E-state index in [-0.39, 0.29) is 5.41 Å². The van der Waals surface area contributed by atoms with Gasteiger partial charge in [-0.3, -0.25) is 0 Å². The van der Waals surface area contributed by atoms with Gasteiger partial charge in [0.05, 0.1) is 0 Å². The number of rotatable bonds is 2. The van der Waals surface area contributed by atoms with Gasteiger partial charge < -0.3 is 4.79 Å². The van der Waals surface area contributed by atoms with Gasteiger partial charge in [0.15, 0.2) is 0 Å². The normalized spacial score (nSPS) is 38.6. The van der Waals surface area contributed by atoms with E-state index in [4.69, 9.17) is 0 Å². The number of hydrogen-bond donors (Lipinski definition) is 0. The van der Waals surface area contributed by atoms with E-state index in [1.54, 1.807) is 18.1 Å². The second-order valence-corrected chi connectivity index (χ2v) is 8.93. The van der Waals surface area contributed by atoms with E-state index in [1.165, 1.54) is 38.5 Å². The molecule has 1 fully saturated rings. The lowest BCUT2D eigenvalue weighted by molar-refractivity contribution is -0.118. The zero-order valence-corrected chi connectivity index (χ0v) is 18.9. The Hall–Kier alpha value is -1.11. The van der Waals surface area contributed by atoms with Crippen molar-refractivity contribution in [2.24, 2.45) is 28.6 Å². The third kappa shape index (κ3) is 3.76. The monoisotopic (exact) mass is 370 g/mol. The van der Waals surface area contributed by atoms with Crippen molar-refractivity contribution in [2.45, 2.75) is 93.4 Å². The van der Waals surface area contributed by atoms with Crippen LogP contribution in [-0.2, 0) is 4.79 Å². The number of ketones is 1. The molecule has 0 aromatic rings. The molecule has 1 heteroatoms. The molecule has 4 aliphatic rings. The predicted molar refractivity (Wildman–Crippen MR) is 118 cm³/mol. The molecule has 0 bridgehead atoms. The third-order valence-corrected chi connectivity index (χ3v) is 7.76. The maximum atomic E-state index is 11.7. The molecule has 5 atom stereocenters. The van der Waals surface area contributed by atoms with E-state index in [0.29, 0.717) is 17.1 Å². The summed E-state index contributed by atoms with van der Waals surface area (Å²) >= 11 is 0. The summed E-state index contributed by atoms with van der Waals surface area (Å²) in [5.41, 5.74) is 3.95. The molecular weight excluding hydrogens is 328 g/mol. The van der Waals surface area contributed by atoms with Crippen LogP contribution in [0.1, 0.15) is 93.4 Å². The Bertz CT molecular complexity index is 622. The minimum atomic E-state index is 0.289. The fourth-order valence-electron chi connectivity index (χ4n) is 6.40. The molecule has 0 aliphatic heterocycles. The highest BCUT2D eigenvalue weighted by Gasteiger charge is 2.54. The van der Waals surface area contributed by atoms with Gasteiger partial charge in [0.25, 0.3) is 0 Å². The summed E-state index contributed by atoms with van der Waals surface area (Å²) in [5.74, 6) is 2.49. The lowest BCUT2D eigenvalue weighted by atomic mass is 9.52. The van der Waals surface area contributed by atoms with Crippen molar-refractivity contribution < 1.29 is 4.79 Å². The van der Waals surface area contributed by atoms with Crippen LogP contribution >= 0.6 is 0 Å². The molecule has 4 aliphatic carbocycles. The second-order valence-electron chi connectivity index (χ2n) is 8.93. The molecule has 27 heavy (non-hydrogen) atoms. The van der Waals surface area contributed by atoms with E-state index < -0.39 is 0 Å². The van der Waals surface area contributed by atoms with Crippen LogP contribution in [0.5, 0.6) is 0 Å². The van der Waals surface area contributed by atoms with Gasteiger partial charge in [-0.25, -0.2) is 0 Å². The fraction of sp³-hybridized carbons (Fsp3) is 0.731. The molecule has 0 aromatic carbocycles. The molecule has 152 valence electrons. The van der Waals surface area contributed by atoms with Crippen molar-refractivity contribution in [1.29, 1.82) is 0 Å². The van der Waals surface area contributed by atoms with Crippen LogP contribution in [0.2, 0.25) is 0 Å². The summed E-state index contributed by atoms with van der Waals surface area (Å²) < 4.78 is 0. The summed E-state index contributed by atoms with van der Waals surface area (Å²) in [6, 6.07) is 0. The number of hydrogen-bond acceptors (Lipinski definition) is 1. The molecule has 0 spiro atoms. The van der Waals surface area contributed by atoms with E-state index in [1.807, 2.05) is 27.7 Å². The summed E-state index contributed by atoms with van der Waals surface area (Å²) in [6.07, 6.45) is 18.1. The average molecular weight is 371 g/mol. The van der Waals surface area contributed by atoms with Crippen molar-refractivity contribution in [3.05, 3.63) is 35.5 Å². The number of allylic oxidation sites excluding steroid dienone is 6. The van der Waals surface area contributed by atoms with Crippen LogP contribution in [0.3, 0.4) is 0 Å². The first-order chi connectivity index (χ1) is 12.9. The predicted octanol–water partition coefficient (Wildman–Crippen LogP) is 7.68. The molecule has 0 N–H and O–H groups in total. The van der Waals surface area contributed by atoms with E-state index in [9.17, 15) is 4.79 Å². The highest BCUT2D eigenvalue weighted by Crippen LogP contribution is 2.64. The van der Waals surface area contributed by atoms with E-state index >= 15 is 0 Å². The lowest BCUT2D eigenvalue weighted by Crippen LogP contribution is -2.43. The summed E-state index contributed by atoms with van der Waals surface area (Å²) in [7, 11) is 0. The Kier molecular flexibility index (Phi) is 7.33. The van der Waals surface area contributed by atoms with Gasteiger partial charge in [0, 0.05) is 11.8 Å². The van der Waals surface area contributed by atoms with Crippen molar-refractivity contribution in [2.75, 3.05) is 0 Å². The van der Waals surface area contributed by atoms with Crippen molar-refractivity contribution in [3.8, 4) is 0 Å². The standard InChI is InChI=1S/C22H30O.2C2H6/c1-15(23)14-17-8-10-19-18-9-7-16-6-4-5-12-21(16,2)20(18)11-13-22(17,19)3;2*1-2/h4,6-7,11,17-19H,5,8-10,12-14H2,1-3H3;2*1-2H3. The topological polar surface area (TPSA) is 17.1 Å². The second kappa shape index (κ2) is 8.93. The molecule has 1 nitrogen and oxygen atoms in total. The largest absolute Gasteiger partial charge is 0.300 e. The lowest BCUT2D eigenvalue weighted by Gasteiger charge is -2.52. The zero-order chi connectivity index (χ0) is 20.2. The molecule has 0 aromatic heterocycles. The molecule has 1 saturated carbocycles. The molecular formula is C26H42O. The van der Waals surface area contributed by atoms with Crippen LogP contribution in [0, 0.1) is 28.6 Å². The fourth-order valence-corrected chi connectivity index (χ4v) is 6.40. The van der Waals surface area contributed by atoms with Gasteiger partial charge in [-0.2, -0.15) is 0 Å². The SMILES string of the molecule is CC.CC.CC(=O)CC1CCC2C3CC=C4C=CCCC4(C)C3=CCC12C. The molecule has 0 radical (unpaired) electrons. The van der Waals surface area contributed by atoms with Crippen molar-refractivity contribution in [3.63, 3.8) is 0 Å². The summed E-state index contributed by atoms with van der Waals surface area (Å²) in [5, 5.41) is 0. The molecule has 5 unspecified atom stereocenters. The average Bonchev–Trinajstić information content (AvgIpc) is 3.00. The van der Waals surface area contributed by atoms with Crippen LogP contribution < -0.4 is 0 Å². The van der Waals surface area contributed by atoms with Crippen LogP contribution in [0.4, 0.5) is 0 Å².